The van der Waals surface area contributed by atoms with E-state index in [0.717, 1.165) is 23.7 Å². The van der Waals surface area contributed by atoms with Crippen LogP contribution in [0.25, 0.3) is 0 Å². The fourth-order valence-electron chi connectivity index (χ4n) is 7.19. The maximum Gasteiger partial charge on any atom is 0.0321 e. The standard InChI is InChI=1S/C19H31NS2/c1-18-9-7-13(21)11-12(18)3-4-14-15-5-6-17(20-22)19(15,2)10-8-16(14)18/h12-16,21-22H,3-11H2,1-2H3/b20-17-/t12-,13+,14-,15-,16-,18-,19-/m0/s1. The molecule has 4 aliphatic carbocycles. The van der Waals surface area contributed by atoms with Crippen molar-refractivity contribution in [3.05, 3.63) is 0 Å². The van der Waals surface area contributed by atoms with Crippen LogP contribution in [0.3, 0.4) is 0 Å². The fourth-order valence-corrected chi connectivity index (χ4v) is 7.90. The normalized spacial score (nSPS) is 56.4. The molecule has 0 spiro atoms. The first kappa shape index (κ1) is 15.9. The molecule has 0 saturated heterocycles. The molecule has 0 bridgehead atoms. The monoisotopic (exact) mass is 337 g/mol. The SMILES string of the molecule is C[C@]12CC[C@@H](S)C[C@@H]1CC[C@@H]1[C@@H]2CC[C@]2(C)/C(=N\S)CC[C@@H]12. The van der Waals surface area contributed by atoms with E-state index in [2.05, 4.69) is 31.1 Å². The van der Waals surface area contributed by atoms with Gasteiger partial charge in [0.1, 0.15) is 0 Å². The van der Waals surface area contributed by atoms with Gasteiger partial charge in [-0.2, -0.15) is 12.6 Å². The van der Waals surface area contributed by atoms with Gasteiger partial charge in [0.25, 0.3) is 0 Å². The van der Waals surface area contributed by atoms with Gasteiger partial charge in [0, 0.05) is 16.4 Å². The van der Waals surface area contributed by atoms with Gasteiger partial charge in [0.2, 0.25) is 0 Å². The zero-order chi connectivity index (χ0) is 15.5. The molecule has 0 unspecified atom stereocenters. The summed E-state index contributed by atoms with van der Waals surface area (Å²) in [6.45, 7) is 5.13. The van der Waals surface area contributed by atoms with Crippen LogP contribution in [0.15, 0.2) is 4.40 Å². The van der Waals surface area contributed by atoms with Crippen LogP contribution in [0.5, 0.6) is 0 Å². The Labute approximate surface area is 147 Å². The van der Waals surface area contributed by atoms with Crippen molar-refractivity contribution < 1.29 is 0 Å². The van der Waals surface area contributed by atoms with Crippen molar-refractivity contribution in [2.75, 3.05) is 0 Å². The fraction of sp³-hybridized carbons (Fsp3) is 0.947. The molecule has 22 heavy (non-hydrogen) atoms. The van der Waals surface area contributed by atoms with Gasteiger partial charge in [-0.05, 0) is 99.7 Å². The Morgan fingerprint density at radius 2 is 1.82 bits per heavy atom. The van der Waals surface area contributed by atoms with Gasteiger partial charge in [0.15, 0.2) is 0 Å². The van der Waals surface area contributed by atoms with Crippen molar-refractivity contribution in [1.82, 2.24) is 0 Å². The van der Waals surface area contributed by atoms with Crippen LogP contribution in [0, 0.1) is 34.5 Å². The third-order valence-corrected chi connectivity index (χ3v) is 9.21. The molecule has 0 aliphatic heterocycles. The summed E-state index contributed by atoms with van der Waals surface area (Å²) >= 11 is 9.09. The molecule has 124 valence electrons. The van der Waals surface area contributed by atoms with E-state index in [-0.39, 0.29) is 0 Å². The van der Waals surface area contributed by atoms with Crippen molar-refractivity contribution in [2.45, 2.75) is 76.9 Å². The summed E-state index contributed by atoms with van der Waals surface area (Å²) in [7, 11) is 0. The van der Waals surface area contributed by atoms with E-state index in [1.165, 1.54) is 63.5 Å². The molecule has 0 heterocycles. The van der Waals surface area contributed by atoms with Gasteiger partial charge in [-0.1, -0.05) is 13.8 Å². The number of fused-ring (bicyclic) bond motifs is 5. The third-order valence-electron chi connectivity index (χ3n) is 8.50. The van der Waals surface area contributed by atoms with Crippen LogP contribution >= 0.6 is 25.4 Å². The molecule has 0 N–H and O–H groups in total. The molecule has 0 aromatic heterocycles. The van der Waals surface area contributed by atoms with Crippen LogP contribution in [-0.2, 0) is 0 Å². The van der Waals surface area contributed by atoms with E-state index in [0.29, 0.717) is 16.1 Å². The van der Waals surface area contributed by atoms with Crippen molar-refractivity contribution in [3.63, 3.8) is 0 Å². The first-order valence-corrected chi connectivity index (χ1v) is 10.3. The second-order valence-electron chi connectivity index (χ2n) is 9.13. The van der Waals surface area contributed by atoms with E-state index < -0.39 is 0 Å². The Morgan fingerprint density at radius 3 is 2.59 bits per heavy atom. The smallest absolute Gasteiger partial charge is 0.0321 e. The number of thiol groups is 2. The van der Waals surface area contributed by atoms with Crippen LogP contribution in [0.4, 0.5) is 0 Å². The Hall–Kier alpha value is 0.370. The van der Waals surface area contributed by atoms with Crippen LogP contribution in [0.2, 0.25) is 0 Å². The Morgan fingerprint density at radius 1 is 1.00 bits per heavy atom. The largest absolute Gasteiger partial charge is 0.228 e. The number of nitrogens with zero attached hydrogens (tertiary/aromatic N) is 1. The average Bonchev–Trinajstić information content (AvgIpc) is 2.84. The highest BCUT2D eigenvalue weighted by molar-refractivity contribution is 7.80. The van der Waals surface area contributed by atoms with Gasteiger partial charge in [-0.15, -0.1) is 0 Å². The van der Waals surface area contributed by atoms with Gasteiger partial charge >= 0.3 is 0 Å². The molecule has 7 atom stereocenters. The lowest BCUT2D eigenvalue weighted by Crippen LogP contribution is -2.53. The maximum atomic E-state index is 4.81. The van der Waals surface area contributed by atoms with Gasteiger partial charge in [-0.3, -0.25) is 0 Å². The minimum Gasteiger partial charge on any atom is -0.228 e. The molecule has 0 aromatic rings. The first-order chi connectivity index (χ1) is 10.5. The van der Waals surface area contributed by atoms with E-state index >= 15 is 0 Å². The summed E-state index contributed by atoms with van der Waals surface area (Å²) in [6.07, 6.45) is 12.4. The van der Waals surface area contributed by atoms with Crippen LogP contribution in [0.1, 0.15) is 71.6 Å². The lowest BCUT2D eigenvalue weighted by atomic mass is 9.45. The topological polar surface area (TPSA) is 12.4 Å². The van der Waals surface area contributed by atoms with Gasteiger partial charge in [-0.25, -0.2) is 4.40 Å². The molecule has 0 radical (unpaired) electrons. The maximum absolute atomic E-state index is 4.81. The van der Waals surface area contributed by atoms with E-state index in [4.69, 9.17) is 12.6 Å². The predicted octanol–water partition coefficient (Wildman–Crippen LogP) is 5.61. The molecule has 4 saturated carbocycles. The first-order valence-electron chi connectivity index (χ1n) is 9.38. The molecule has 4 fully saturated rings. The number of hydrogen-bond donors (Lipinski definition) is 2. The summed E-state index contributed by atoms with van der Waals surface area (Å²) in [5, 5.41) is 0.665. The lowest BCUT2D eigenvalue weighted by Gasteiger charge is -2.60. The Balaban J connectivity index is 1.63. The number of hydrogen-bond acceptors (Lipinski definition) is 3. The summed E-state index contributed by atoms with van der Waals surface area (Å²) in [5.74, 6) is 3.73. The molecule has 4 aliphatic rings. The van der Waals surface area contributed by atoms with Crippen LogP contribution < -0.4 is 0 Å². The second-order valence-corrected chi connectivity index (χ2v) is 10.1. The quantitative estimate of drug-likeness (QED) is 0.533. The summed E-state index contributed by atoms with van der Waals surface area (Å²) in [6, 6.07) is 0. The Kier molecular flexibility index (Phi) is 3.93. The van der Waals surface area contributed by atoms with Crippen LogP contribution in [-0.4, -0.2) is 11.0 Å². The molecule has 0 aromatic carbocycles. The molecule has 1 nitrogen and oxygen atoms in total. The van der Waals surface area contributed by atoms with E-state index in [9.17, 15) is 0 Å². The van der Waals surface area contributed by atoms with E-state index in [1.54, 1.807) is 0 Å². The van der Waals surface area contributed by atoms with Crippen molar-refractivity contribution >= 4 is 31.2 Å². The molecular weight excluding hydrogens is 306 g/mol. The minimum absolute atomic E-state index is 0.368. The van der Waals surface area contributed by atoms with Crippen molar-refractivity contribution in [2.24, 2.45) is 38.9 Å². The highest BCUT2D eigenvalue weighted by atomic mass is 32.1. The Bertz CT molecular complexity index is 490. The zero-order valence-electron chi connectivity index (χ0n) is 14.1. The van der Waals surface area contributed by atoms with Crippen molar-refractivity contribution in [3.8, 4) is 0 Å². The lowest BCUT2D eigenvalue weighted by molar-refractivity contribution is -0.0924. The second kappa shape index (κ2) is 5.44. The highest BCUT2D eigenvalue weighted by Gasteiger charge is 2.59. The summed E-state index contributed by atoms with van der Waals surface area (Å²) in [5.41, 5.74) is 2.38. The zero-order valence-corrected chi connectivity index (χ0v) is 15.9. The summed E-state index contributed by atoms with van der Waals surface area (Å²) in [4.78, 5) is 0. The molecule has 4 rings (SSSR count). The summed E-state index contributed by atoms with van der Waals surface area (Å²) < 4.78 is 4.39. The van der Waals surface area contributed by atoms with Gasteiger partial charge in [0.05, 0.1) is 0 Å². The average molecular weight is 338 g/mol. The van der Waals surface area contributed by atoms with Gasteiger partial charge < -0.3 is 0 Å². The predicted molar refractivity (Wildman–Crippen MR) is 101 cm³/mol. The minimum atomic E-state index is 0.368. The van der Waals surface area contributed by atoms with Crippen molar-refractivity contribution in [1.29, 1.82) is 0 Å². The molecule has 3 heteroatoms. The molecular formula is C19H31NS2. The number of rotatable bonds is 0. The molecule has 0 amide bonds. The van der Waals surface area contributed by atoms with E-state index in [1.807, 2.05) is 0 Å². The third kappa shape index (κ3) is 2.10. The highest BCUT2D eigenvalue weighted by Crippen LogP contribution is 2.65.